The molecular weight excluding hydrogens is 216 g/mol. The lowest BCUT2D eigenvalue weighted by Crippen LogP contribution is -1.93. The molecule has 0 fully saturated rings. The quantitative estimate of drug-likeness (QED) is 0.689. The maximum atomic E-state index is 11.0. The molecule has 1 aromatic carbocycles. The van der Waals surface area contributed by atoms with Crippen LogP contribution in [-0.4, -0.2) is 21.0 Å². The van der Waals surface area contributed by atoms with Crippen molar-refractivity contribution in [3.8, 4) is 11.3 Å². The van der Waals surface area contributed by atoms with Gasteiger partial charge < -0.3 is 5.11 Å². The third-order valence-electron chi connectivity index (χ3n) is 2.67. The van der Waals surface area contributed by atoms with Gasteiger partial charge in [0, 0.05) is 17.1 Å². The van der Waals surface area contributed by atoms with Crippen LogP contribution < -0.4 is 0 Å². The van der Waals surface area contributed by atoms with Gasteiger partial charge >= 0.3 is 5.97 Å². The largest absolute Gasteiger partial charge is 0.478 e. The van der Waals surface area contributed by atoms with E-state index < -0.39 is 5.97 Å². The molecule has 0 aromatic heterocycles. The van der Waals surface area contributed by atoms with Gasteiger partial charge in [-0.05, 0) is 12.1 Å². The maximum Gasteiger partial charge on any atom is 0.337 e. The lowest BCUT2D eigenvalue weighted by atomic mass is 10.1. The molecule has 0 saturated carbocycles. The van der Waals surface area contributed by atoms with E-state index in [0.717, 1.165) is 16.5 Å². The highest BCUT2D eigenvalue weighted by Gasteiger charge is 2.12. The van der Waals surface area contributed by atoms with Crippen molar-refractivity contribution < 1.29 is 9.90 Å². The summed E-state index contributed by atoms with van der Waals surface area (Å²) in [5.74, 6) is -0.986. The number of hydrogen-bond acceptors (Lipinski definition) is 3. The Labute approximate surface area is 96.9 Å². The molecule has 2 aliphatic rings. The first-order chi connectivity index (χ1) is 8.25. The Morgan fingerprint density at radius 2 is 2.00 bits per heavy atom. The second-order valence-electron chi connectivity index (χ2n) is 3.74. The van der Waals surface area contributed by atoms with Gasteiger partial charge in [-0.15, -0.1) is 0 Å². The van der Waals surface area contributed by atoms with Crippen LogP contribution in [0.2, 0.25) is 0 Å². The molecule has 0 bridgehead atoms. The van der Waals surface area contributed by atoms with Crippen molar-refractivity contribution in [3.63, 3.8) is 0 Å². The number of hydrogen-bond donors (Lipinski definition) is 1. The summed E-state index contributed by atoms with van der Waals surface area (Å²) >= 11 is 0. The number of carboxylic acids is 1. The normalized spacial score (nSPS) is 10.8. The molecule has 0 aliphatic carbocycles. The number of aromatic carboxylic acids is 1. The van der Waals surface area contributed by atoms with Gasteiger partial charge in [-0.1, -0.05) is 18.2 Å². The molecule has 3 rings (SSSR count). The zero-order valence-corrected chi connectivity index (χ0v) is 8.79. The van der Waals surface area contributed by atoms with Crippen molar-refractivity contribution in [3.05, 3.63) is 48.3 Å². The monoisotopic (exact) mass is 224 g/mol. The highest BCUT2D eigenvalue weighted by molar-refractivity contribution is 5.99. The number of rotatable bonds is 1. The van der Waals surface area contributed by atoms with Gasteiger partial charge in [0.1, 0.15) is 0 Å². The number of fused-ring (bicyclic) bond motifs is 3. The lowest BCUT2D eigenvalue weighted by molar-refractivity contribution is 0.0696. The topological polar surface area (TPSA) is 63.1 Å². The number of carboxylic acid groups (broad SMARTS) is 1. The minimum Gasteiger partial charge on any atom is -0.478 e. The zero-order valence-electron chi connectivity index (χ0n) is 8.79. The van der Waals surface area contributed by atoms with E-state index >= 15 is 0 Å². The molecule has 1 N–H and O–H groups in total. The van der Waals surface area contributed by atoms with E-state index in [2.05, 4.69) is 9.97 Å². The lowest BCUT2D eigenvalue weighted by Gasteiger charge is -1.91. The van der Waals surface area contributed by atoms with Crippen molar-refractivity contribution in [1.29, 1.82) is 0 Å². The molecule has 0 radical (unpaired) electrons. The van der Waals surface area contributed by atoms with Crippen molar-refractivity contribution in [1.82, 2.24) is 9.97 Å². The Morgan fingerprint density at radius 1 is 1.18 bits per heavy atom. The minimum atomic E-state index is -0.986. The van der Waals surface area contributed by atoms with Crippen LogP contribution in [0.5, 0.6) is 0 Å². The second kappa shape index (κ2) is 3.52. The van der Waals surface area contributed by atoms with Gasteiger partial charge in [-0.25, -0.2) is 9.78 Å². The number of aromatic nitrogens is 2. The molecular formula is C13H8N2O2. The van der Waals surface area contributed by atoms with Crippen LogP contribution in [0.1, 0.15) is 10.4 Å². The van der Waals surface area contributed by atoms with E-state index in [4.69, 9.17) is 5.11 Å². The Kier molecular flexibility index (Phi) is 2.01. The molecule has 0 atom stereocenters. The summed E-state index contributed by atoms with van der Waals surface area (Å²) in [6.45, 7) is 0. The van der Waals surface area contributed by atoms with Gasteiger partial charge in [0.25, 0.3) is 0 Å². The molecule has 2 heterocycles. The van der Waals surface area contributed by atoms with E-state index in [1.54, 1.807) is 12.3 Å². The molecule has 0 amide bonds. The summed E-state index contributed by atoms with van der Waals surface area (Å²) in [5, 5.41) is 9.95. The summed E-state index contributed by atoms with van der Waals surface area (Å²) in [5.41, 5.74) is 2.54. The Hall–Kier alpha value is -2.49. The number of nitrogens with zero attached hydrogens (tertiary/aromatic N) is 2. The number of benzene rings is 1. The zero-order chi connectivity index (χ0) is 11.8. The molecule has 0 spiro atoms. The molecule has 1 aromatic rings. The number of carbonyl (C=O) groups is 1. The predicted molar refractivity (Wildman–Crippen MR) is 63.1 cm³/mol. The smallest absolute Gasteiger partial charge is 0.337 e. The standard InChI is InChI=1S/C13H8N2O2/c16-13(17)8-5-10-9-3-1-2-4-11(9)15-12(10)7-14-6-8/h1-7H,(H,16,17). The number of para-hydroxylation sites is 1. The predicted octanol–water partition coefficient (Wildman–Crippen LogP) is 2.43. The molecule has 17 heavy (non-hydrogen) atoms. The van der Waals surface area contributed by atoms with E-state index in [-0.39, 0.29) is 5.56 Å². The fourth-order valence-corrected chi connectivity index (χ4v) is 1.87. The average Bonchev–Trinajstić information content (AvgIpc) is 2.53. The van der Waals surface area contributed by atoms with Crippen LogP contribution in [0.4, 0.5) is 0 Å². The molecule has 0 saturated heterocycles. The third-order valence-corrected chi connectivity index (χ3v) is 2.67. The van der Waals surface area contributed by atoms with Gasteiger partial charge in [-0.3, -0.25) is 4.98 Å². The Bertz CT molecular complexity index is 694. The van der Waals surface area contributed by atoms with E-state index in [9.17, 15) is 4.79 Å². The van der Waals surface area contributed by atoms with E-state index in [0.29, 0.717) is 5.69 Å². The van der Waals surface area contributed by atoms with Crippen molar-refractivity contribution in [2.45, 2.75) is 0 Å². The van der Waals surface area contributed by atoms with E-state index in [1.165, 1.54) is 6.20 Å². The van der Waals surface area contributed by atoms with Crippen molar-refractivity contribution >= 4 is 16.9 Å². The average molecular weight is 224 g/mol. The molecule has 0 unspecified atom stereocenters. The molecule has 2 aliphatic heterocycles. The summed E-state index contributed by atoms with van der Waals surface area (Å²) in [7, 11) is 0. The second-order valence-corrected chi connectivity index (χ2v) is 3.74. The fourth-order valence-electron chi connectivity index (χ4n) is 1.87. The summed E-state index contributed by atoms with van der Waals surface area (Å²) in [6, 6.07) is 9.25. The minimum absolute atomic E-state index is 0.165. The van der Waals surface area contributed by atoms with Crippen molar-refractivity contribution in [2.24, 2.45) is 0 Å². The molecule has 4 nitrogen and oxygen atoms in total. The molecule has 4 heteroatoms. The Morgan fingerprint density at radius 3 is 2.82 bits per heavy atom. The summed E-state index contributed by atoms with van der Waals surface area (Å²) < 4.78 is 0. The van der Waals surface area contributed by atoms with Crippen LogP contribution in [-0.2, 0) is 0 Å². The third kappa shape index (κ3) is 1.50. The Balaban J connectivity index is 2.41. The van der Waals surface area contributed by atoms with E-state index in [1.807, 2.05) is 24.3 Å². The highest BCUT2D eigenvalue weighted by atomic mass is 16.4. The van der Waals surface area contributed by atoms with Crippen LogP contribution >= 0.6 is 0 Å². The highest BCUT2D eigenvalue weighted by Crippen LogP contribution is 2.29. The summed E-state index contributed by atoms with van der Waals surface area (Å²) in [6.07, 6.45) is 2.92. The summed E-state index contributed by atoms with van der Waals surface area (Å²) in [4.78, 5) is 19.3. The fraction of sp³-hybridized carbons (Fsp3) is 0. The SMILES string of the molecule is O=C(O)c1cncc2nc3ccccc3c-2c1. The van der Waals surface area contributed by atoms with Crippen LogP contribution in [0, 0.1) is 0 Å². The van der Waals surface area contributed by atoms with Crippen molar-refractivity contribution in [2.75, 3.05) is 0 Å². The molecule has 82 valence electrons. The first-order valence-corrected chi connectivity index (χ1v) is 5.12. The first-order valence-electron chi connectivity index (χ1n) is 5.12. The van der Waals surface area contributed by atoms with Crippen LogP contribution in [0.25, 0.3) is 22.2 Å². The maximum absolute atomic E-state index is 11.0. The van der Waals surface area contributed by atoms with Gasteiger partial charge in [0.15, 0.2) is 0 Å². The van der Waals surface area contributed by atoms with Gasteiger partial charge in [-0.2, -0.15) is 0 Å². The van der Waals surface area contributed by atoms with Gasteiger partial charge in [0.05, 0.1) is 23.0 Å². The van der Waals surface area contributed by atoms with Crippen LogP contribution in [0.3, 0.4) is 0 Å². The van der Waals surface area contributed by atoms with Crippen LogP contribution in [0.15, 0.2) is 42.7 Å². The first kappa shape index (κ1) is 9.72. The van der Waals surface area contributed by atoms with Gasteiger partial charge in [0.2, 0.25) is 0 Å².